The minimum atomic E-state index is -0.322. The number of nitrogens with one attached hydrogen (secondary N) is 1. The molecule has 16 heavy (non-hydrogen) atoms. The second-order valence-corrected chi connectivity index (χ2v) is 3.31. The molecule has 0 amide bonds. The van der Waals surface area contributed by atoms with Crippen LogP contribution in [0.2, 0.25) is 0 Å². The van der Waals surface area contributed by atoms with Crippen LogP contribution in [0.5, 0.6) is 5.75 Å². The molecule has 1 aliphatic heterocycles. The van der Waals surface area contributed by atoms with Crippen molar-refractivity contribution in [2.45, 2.75) is 19.8 Å². The summed E-state index contributed by atoms with van der Waals surface area (Å²) in [5.74, 6) is 0.287. The van der Waals surface area contributed by atoms with Gasteiger partial charge < -0.3 is 9.57 Å². The van der Waals surface area contributed by atoms with Crippen molar-refractivity contribution in [2.75, 3.05) is 0 Å². The Morgan fingerprint density at radius 2 is 2.31 bits per heavy atom. The predicted molar refractivity (Wildman–Crippen MR) is 58.3 cm³/mol. The Kier molecular flexibility index (Phi) is 3.05. The summed E-state index contributed by atoms with van der Waals surface area (Å²) in [4.78, 5) is 20.5. The fraction of sp³-hybridized carbons (Fsp3) is 0.273. The summed E-state index contributed by atoms with van der Waals surface area (Å²) >= 11 is 0. The molecule has 0 unspecified atom stereocenters. The van der Waals surface area contributed by atoms with Crippen molar-refractivity contribution < 1.29 is 14.4 Å². The number of aliphatic imine (C=N–C) groups is 1. The molecule has 0 aliphatic carbocycles. The molecule has 2 rings (SSSR count). The molecule has 0 atom stereocenters. The van der Waals surface area contributed by atoms with Gasteiger partial charge in [0.05, 0.1) is 0 Å². The Hall–Kier alpha value is -2.04. The van der Waals surface area contributed by atoms with Crippen LogP contribution in [0.15, 0.2) is 29.3 Å². The van der Waals surface area contributed by atoms with Gasteiger partial charge in [-0.15, -0.1) is 0 Å². The predicted octanol–water partition coefficient (Wildman–Crippen LogP) is 1.91. The van der Waals surface area contributed by atoms with Crippen LogP contribution in [-0.2, 0) is 9.53 Å². The number of hydroxylamine groups is 1. The minimum Gasteiger partial charge on any atom is -0.390 e. The highest BCUT2D eigenvalue weighted by Crippen LogP contribution is 2.28. The van der Waals surface area contributed by atoms with Crippen LogP contribution in [0, 0.1) is 0 Å². The van der Waals surface area contributed by atoms with Crippen LogP contribution in [0.4, 0.5) is 5.69 Å². The lowest BCUT2D eigenvalue weighted by atomic mass is 10.3. The summed E-state index contributed by atoms with van der Waals surface area (Å²) in [6.45, 7) is 1.91. The van der Waals surface area contributed by atoms with E-state index in [9.17, 15) is 4.79 Å². The van der Waals surface area contributed by atoms with E-state index in [1.54, 1.807) is 12.1 Å². The molecule has 84 valence electrons. The minimum absolute atomic E-state index is 0.0807. The van der Waals surface area contributed by atoms with Crippen molar-refractivity contribution in [3.8, 4) is 5.75 Å². The van der Waals surface area contributed by atoms with Gasteiger partial charge in [0.2, 0.25) is 0 Å². The molecule has 0 saturated carbocycles. The van der Waals surface area contributed by atoms with Gasteiger partial charge in [0.1, 0.15) is 5.69 Å². The fourth-order valence-corrected chi connectivity index (χ4v) is 1.27. The van der Waals surface area contributed by atoms with Crippen LogP contribution in [0.3, 0.4) is 0 Å². The molecule has 0 radical (unpaired) electrons. The Balaban J connectivity index is 2.09. The van der Waals surface area contributed by atoms with Crippen LogP contribution < -0.4 is 10.3 Å². The van der Waals surface area contributed by atoms with Crippen molar-refractivity contribution in [1.29, 1.82) is 0 Å². The topological polar surface area (TPSA) is 59.9 Å². The molecular formula is C11H12N2O3. The molecule has 0 bridgehead atoms. The van der Waals surface area contributed by atoms with E-state index in [2.05, 4.69) is 10.5 Å². The maximum Gasteiger partial charge on any atom is 0.332 e. The third-order valence-corrected chi connectivity index (χ3v) is 2.00. The third-order valence-electron chi connectivity index (χ3n) is 2.00. The quantitative estimate of drug-likeness (QED) is 0.773. The number of benzene rings is 1. The Bertz CT molecular complexity index is 429. The molecule has 0 saturated heterocycles. The number of hydrogen-bond acceptors (Lipinski definition) is 5. The number of rotatable bonds is 2. The number of fused-ring (bicyclic) bond motifs is 1. The van der Waals surface area contributed by atoms with Crippen LogP contribution in [0.1, 0.15) is 19.8 Å². The Morgan fingerprint density at radius 1 is 1.50 bits per heavy atom. The van der Waals surface area contributed by atoms with Crippen LogP contribution >= 0.6 is 0 Å². The molecule has 1 heterocycles. The number of hydrogen-bond donors (Lipinski definition) is 1. The lowest BCUT2D eigenvalue weighted by molar-refractivity contribution is -0.136. The number of nitrogens with zero attached hydrogens (tertiary/aromatic N) is 1. The standard InChI is InChI=1S/C11H12N2O3/c1-2-5-10(14)15-11-12-8-6-3-4-7-9(8)16-13-11/h3-4,6-7H,2,5H2,1H3,(H,12,13). The van der Waals surface area contributed by atoms with E-state index in [1.165, 1.54) is 0 Å². The number of para-hydroxylation sites is 2. The van der Waals surface area contributed by atoms with Crippen molar-refractivity contribution in [2.24, 2.45) is 4.99 Å². The van der Waals surface area contributed by atoms with E-state index < -0.39 is 0 Å². The number of carbonyl (C=O) groups is 1. The van der Waals surface area contributed by atoms with E-state index in [1.807, 2.05) is 19.1 Å². The van der Waals surface area contributed by atoms with Gasteiger partial charge in [-0.1, -0.05) is 19.1 Å². The van der Waals surface area contributed by atoms with Gasteiger partial charge in [-0.2, -0.15) is 10.5 Å². The maximum absolute atomic E-state index is 11.2. The first-order valence-electron chi connectivity index (χ1n) is 5.11. The smallest absolute Gasteiger partial charge is 0.332 e. The maximum atomic E-state index is 11.2. The van der Waals surface area contributed by atoms with Crippen molar-refractivity contribution >= 4 is 17.7 Å². The monoisotopic (exact) mass is 220 g/mol. The first kappa shape index (κ1) is 10.5. The third kappa shape index (κ3) is 2.31. The molecular weight excluding hydrogens is 208 g/mol. The summed E-state index contributed by atoms with van der Waals surface area (Å²) in [6, 6.07) is 7.31. The summed E-state index contributed by atoms with van der Waals surface area (Å²) in [7, 11) is 0. The average molecular weight is 220 g/mol. The molecule has 0 fully saturated rings. The zero-order valence-electron chi connectivity index (χ0n) is 8.90. The van der Waals surface area contributed by atoms with E-state index in [0.717, 1.165) is 6.42 Å². The molecule has 5 nitrogen and oxygen atoms in total. The molecule has 1 aliphatic rings. The van der Waals surface area contributed by atoms with Crippen molar-refractivity contribution in [3.05, 3.63) is 24.3 Å². The number of carbonyl (C=O) groups excluding carboxylic acids is 1. The van der Waals surface area contributed by atoms with Gasteiger partial charge in [-0.25, -0.2) is 0 Å². The van der Waals surface area contributed by atoms with Gasteiger partial charge in [0.15, 0.2) is 5.75 Å². The number of ether oxygens (including phenoxy) is 1. The van der Waals surface area contributed by atoms with Crippen LogP contribution in [-0.4, -0.2) is 12.0 Å². The lowest BCUT2D eigenvalue weighted by Crippen LogP contribution is -2.33. The Morgan fingerprint density at radius 3 is 3.12 bits per heavy atom. The van der Waals surface area contributed by atoms with Gasteiger partial charge in [-0.05, 0) is 18.6 Å². The molecule has 0 aromatic heterocycles. The first-order valence-corrected chi connectivity index (χ1v) is 5.11. The van der Waals surface area contributed by atoms with Gasteiger partial charge >= 0.3 is 12.0 Å². The van der Waals surface area contributed by atoms with Crippen LogP contribution in [0.25, 0.3) is 0 Å². The normalized spacial score (nSPS) is 12.9. The highest BCUT2D eigenvalue weighted by Gasteiger charge is 2.15. The van der Waals surface area contributed by atoms with E-state index in [4.69, 9.17) is 9.57 Å². The molecule has 1 aromatic carbocycles. The first-order chi connectivity index (χ1) is 7.79. The largest absolute Gasteiger partial charge is 0.390 e. The fourth-order valence-electron chi connectivity index (χ4n) is 1.27. The SMILES string of the molecule is CCCC(=O)OC1=Nc2ccccc2ON1. The second kappa shape index (κ2) is 4.65. The summed E-state index contributed by atoms with van der Waals surface area (Å²) in [5.41, 5.74) is 3.11. The van der Waals surface area contributed by atoms with E-state index in [-0.39, 0.29) is 12.0 Å². The molecule has 0 spiro atoms. The van der Waals surface area contributed by atoms with Gasteiger partial charge in [-0.3, -0.25) is 4.79 Å². The zero-order valence-corrected chi connectivity index (χ0v) is 8.90. The van der Waals surface area contributed by atoms with E-state index >= 15 is 0 Å². The summed E-state index contributed by atoms with van der Waals surface area (Å²) in [6.07, 6.45) is 1.10. The molecule has 1 aromatic rings. The highest BCUT2D eigenvalue weighted by atomic mass is 16.7. The summed E-state index contributed by atoms with van der Waals surface area (Å²) in [5, 5.41) is 0. The zero-order chi connectivity index (χ0) is 11.4. The van der Waals surface area contributed by atoms with Crippen molar-refractivity contribution in [1.82, 2.24) is 5.48 Å². The highest BCUT2D eigenvalue weighted by molar-refractivity contribution is 5.89. The van der Waals surface area contributed by atoms with Crippen molar-refractivity contribution in [3.63, 3.8) is 0 Å². The second-order valence-electron chi connectivity index (χ2n) is 3.31. The lowest BCUT2D eigenvalue weighted by Gasteiger charge is -2.16. The molecule has 5 heteroatoms. The average Bonchev–Trinajstić information content (AvgIpc) is 2.29. The number of esters is 1. The van der Waals surface area contributed by atoms with E-state index in [0.29, 0.717) is 17.9 Å². The van der Waals surface area contributed by atoms with Gasteiger partial charge in [0, 0.05) is 6.42 Å². The number of amidine groups is 1. The summed E-state index contributed by atoms with van der Waals surface area (Å²) < 4.78 is 4.96. The Labute approximate surface area is 93.0 Å². The van der Waals surface area contributed by atoms with Gasteiger partial charge in [0.25, 0.3) is 0 Å². The molecule has 1 N–H and O–H groups in total.